The Hall–Kier alpha value is -2.99. The number of nitrogens with one attached hydrogen (secondary N) is 1. The van der Waals surface area contributed by atoms with Crippen molar-refractivity contribution >= 4 is 28.1 Å². The number of amides is 1. The summed E-state index contributed by atoms with van der Waals surface area (Å²) >= 11 is 3.41. The lowest BCUT2D eigenvalue weighted by atomic mass is 10.2. The molecule has 0 spiro atoms. The maximum absolute atomic E-state index is 11.8. The van der Waals surface area contributed by atoms with E-state index in [9.17, 15) is 4.79 Å². The number of halogens is 1. The van der Waals surface area contributed by atoms with Crippen molar-refractivity contribution in [1.82, 2.24) is 10.4 Å². The lowest BCUT2D eigenvalue weighted by molar-refractivity contribution is 0.0955. The SMILES string of the molecule is O=C(N/N=C\c1ccc(OCc2ccc(Br)cc2)cc1)c1cccnc1. The molecule has 0 saturated heterocycles. The summed E-state index contributed by atoms with van der Waals surface area (Å²) in [6.07, 6.45) is 4.68. The van der Waals surface area contributed by atoms with Crippen LogP contribution in [0.4, 0.5) is 0 Å². The molecule has 0 atom stereocenters. The monoisotopic (exact) mass is 409 g/mol. The predicted octanol–water partition coefficient (Wildman–Crippen LogP) is 4.19. The largest absolute Gasteiger partial charge is 0.489 e. The van der Waals surface area contributed by atoms with E-state index in [2.05, 4.69) is 31.4 Å². The first-order chi connectivity index (χ1) is 12.7. The van der Waals surface area contributed by atoms with Gasteiger partial charge in [0.2, 0.25) is 0 Å². The summed E-state index contributed by atoms with van der Waals surface area (Å²) in [6, 6.07) is 18.8. The van der Waals surface area contributed by atoms with E-state index in [0.717, 1.165) is 21.3 Å². The summed E-state index contributed by atoms with van der Waals surface area (Å²) < 4.78 is 6.79. The van der Waals surface area contributed by atoms with Gasteiger partial charge in [-0.2, -0.15) is 5.10 Å². The highest BCUT2D eigenvalue weighted by atomic mass is 79.9. The number of nitrogens with zero attached hydrogens (tertiary/aromatic N) is 2. The van der Waals surface area contributed by atoms with Crippen LogP contribution >= 0.6 is 15.9 Å². The molecule has 26 heavy (non-hydrogen) atoms. The Labute approximate surface area is 159 Å². The first-order valence-corrected chi connectivity index (χ1v) is 8.71. The summed E-state index contributed by atoms with van der Waals surface area (Å²) in [4.78, 5) is 15.7. The first kappa shape index (κ1) is 17.8. The molecule has 0 bridgehead atoms. The third-order valence-corrected chi connectivity index (χ3v) is 4.03. The van der Waals surface area contributed by atoms with Crippen molar-refractivity contribution in [3.05, 3.63) is 94.2 Å². The highest BCUT2D eigenvalue weighted by molar-refractivity contribution is 9.10. The second-order valence-corrected chi connectivity index (χ2v) is 6.34. The van der Waals surface area contributed by atoms with Gasteiger partial charge < -0.3 is 4.74 Å². The number of carbonyl (C=O) groups is 1. The number of carbonyl (C=O) groups excluding carboxylic acids is 1. The number of pyridine rings is 1. The number of hydrogen-bond donors (Lipinski definition) is 1. The lowest BCUT2D eigenvalue weighted by Crippen LogP contribution is -2.17. The summed E-state index contributed by atoms with van der Waals surface area (Å²) in [7, 11) is 0. The molecule has 0 radical (unpaired) electrons. The quantitative estimate of drug-likeness (QED) is 0.490. The predicted molar refractivity (Wildman–Crippen MR) is 104 cm³/mol. The number of hydrazone groups is 1. The Morgan fingerprint density at radius 2 is 1.88 bits per heavy atom. The van der Waals surface area contributed by atoms with Crippen molar-refractivity contribution in [2.45, 2.75) is 6.61 Å². The Morgan fingerprint density at radius 3 is 2.58 bits per heavy atom. The Morgan fingerprint density at radius 1 is 1.12 bits per heavy atom. The van der Waals surface area contributed by atoms with Gasteiger partial charge in [-0.25, -0.2) is 5.43 Å². The van der Waals surface area contributed by atoms with E-state index in [1.54, 1.807) is 24.5 Å². The van der Waals surface area contributed by atoms with Crippen molar-refractivity contribution in [2.24, 2.45) is 5.10 Å². The molecule has 6 heteroatoms. The minimum absolute atomic E-state index is 0.302. The molecular weight excluding hydrogens is 394 g/mol. The first-order valence-electron chi connectivity index (χ1n) is 7.91. The highest BCUT2D eigenvalue weighted by Gasteiger charge is 2.02. The van der Waals surface area contributed by atoms with Gasteiger partial charge in [0.25, 0.3) is 5.91 Å². The molecule has 0 unspecified atom stereocenters. The molecule has 0 saturated carbocycles. The summed E-state index contributed by atoms with van der Waals surface area (Å²) in [5, 5.41) is 3.95. The fourth-order valence-electron chi connectivity index (χ4n) is 2.12. The van der Waals surface area contributed by atoms with Gasteiger partial charge in [-0.3, -0.25) is 9.78 Å². The minimum Gasteiger partial charge on any atom is -0.489 e. The molecule has 0 fully saturated rings. The number of aromatic nitrogens is 1. The Balaban J connectivity index is 1.51. The van der Waals surface area contributed by atoms with Crippen LogP contribution in [0.15, 0.2) is 82.6 Å². The third-order valence-electron chi connectivity index (χ3n) is 3.50. The Kier molecular flexibility index (Phi) is 6.11. The van der Waals surface area contributed by atoms with Crippen LogP contribution in [-0.4, -0.2) is 17.1 Å². The maximum atomic E-state index is 11.8. The van der Waals surface area contributed by atoms with Crippen LogP contribution in [0.2, 0.25) is 0 Å². The molecule has 1 N–H and O–H groups in total. The van der Waals surface area contributed by atoms with Gasteiger partial charge in [0.05, 0.1) is 11.8 Å². The smallest absolute Gasteiger partial charge is 0.272 e. The average Bonchev–Trinajstić information content (AvgIpc) is 2.69. The van der Waals surface area contributed by atoms with Crippen molar-refractivity contribution in [1.29, 1.82) is 0 Å². The molecule has 1 heterocycles. The van der Waals surface area contributed by atoms with Gasteiger partial charge in [0.1, 0.15) is 12.4 Å². The zero-order valence-electron chi connectivity index (χ0n) is 13.8. The van der Waals surface area contributed by atoms with Crippen LogP contribution in [0.1, 0.15) is 21.5 Å². The molecule has 0 aliphatic rings. The maximum Gasteiger partial charge on any atom is 0.272 e. The molecule has 1 amide bonds. The number of benzene rings is 2. The normalized spacial score (nSPS) is 10.7. The highest BCUT2D eigenvalue weighted by Crippen LogP contribution is 2.15. The van der Waals surface area contributed by atoms with Crippen LogP contribution in [0.25, 0.3) is 0 Å². The second-order valence-electron chi connectivity index (χ2n) is 5.43. The molecule has 3 aromatic rings. The van der Waals surface area contributed by atoms with Crippen molar-refractivity contribution in [3.8, 4) is 5.75 Å². The van der Waals surface area contributed by atoms with Gasteiger partial charge >= 0.3 is 0 Å². The van der Waals surface area contributed by atoms with E-state index in [0.29, 0.717) is 12.2 Å². The van der Waals surface area contributed by atoms with E-state index < -0.39 is 0 Å². The topological polar surface area (TPSA) is 63.6 Å². The molecule has 2 aromatic carbocycles. The fraction of sp³-hybridized carbons (Fsp3) is 0.0500. The zero-order valence-corrected chi connectivity index (χ0v) is 15.4. The molecule has 3 rings (SSSR count). The molecular formula is C20H16BrN3O2. The van der Waals surface area contributed by atoms with E-state index >= 15 is 0 Å². The fourth-order valence-corrected chi connectivity index (χ4v) is 2.39. The molecule has 5 nitrogen and oxygen atoms in total. The van der Waals surface area contributed by atoms with Crippen molar-refractivity contribution < 1.29 is 9.53 Å². The van der Waals surface area contributed by atoms with Crippen LogP contribution in [0.5, 0.6) is 5.75 Å². The Bertz CT molecular complexity index is 879. The number of ether oxygens (including phenoxy) is 1. The standard InChI is InChI=1S/C20H16BrN3O2/c21-18-7-3-16(4-8-18)14-26-19-9-5-15(6-10-19)12-23-24-20(25)17-2-1-11-22-13-17/h1-13H,14H2,(H,24,25)/b23-12-. The summed E-state index contributed by atoms with van der Waals surface area (Å²) in [6.45, 7) is 0.502. The summed E-state index contributed by atoms with van der Waals surface area (Å²) in [5.41, 5.74) is 4.88. The van der Waals surface area contributed by atoms with E-state index in [1.165, 1.54) is 6.20 Å². The van der Waals surface area contributed by atoms with Gasteiger partial charge in [-0.1, -0.05) is 28.1 Å². The van der Waals surface area contributed by atoms with Crippen molar-refractivity contribution in [3.63, 3.8) is 0 Å². The van der Waals surface area contributed by atoms with Gasteiger partial charge in [0, 0.05) is 16.9 Å². The molecule has 0 aliphatic carbocycles. The summed E-state index contributed by atoms with van der Waals surface area (Å²) in [5.74, 6) is 0.466. The number of rotatable bonds is 6. The van der Waals surface area contributed by atoms with Crippen molar-refractivity contribution in [2.75, 3.05) is 0 Å². The van der Waals surface area contributed by atoms with E-state index in [4.69, 9.17) is 4.74 Å². The molecule has 0 aliphatic heterocycles. The van der Waals surface area contributed by atoms with E-state index in [-0.39, 0.29) is 5.91 Å². The van der Waals surface area contributed by atoms with Crippen LogP contribution in [-0.2, 0) is 6.61 Å². The van der Waals surface area contributed by atoms with Crippen LogP contribution < -0.4 is 10.2 Å². The van der Waals surface area contributed by atoms with E-state index in [1.807, 2.05) is 48.5 Å². The third kappa shape index (κ3) is 5.26. The lowest BCUT2D eigenvalue weighted by Gasteiger charge is -2.06. The molecule has 1 aromatic heterocycles. The average molecular weight is 410 g/mol. The van der Waals surface area contributed by atoms with Gasteiger partial charge in [-0.05, 0) is 59.7 Å². The van der Waals surface area contributed by atoms with Crippen LogP contribution in [0.3, 0.4) is 0 Å². The van der Waals surface area contributed by atoms with Gasteiger partial charge in [0.15, 0.2) is 0 Å². The van der Waals surface area contributed by atoms with Crippen LogP contribution in [0, 0.1) is 0 Å². The minimum atomic E-state index is -0.302. The second kappa shape index (κ2) is 8.92. The number of hydrogen-bond acceptors (Lipinski definition) is 4. The molecule has 130 valence electrons. The zero-order chi connectivity index (χ0) is 18.2. The van der Waals surface area contributed by atoms with Gasteiger partial charge in [-0.15, -0.1) is 0 Å².